The Bertz CT molecular complexity index is 485. The van der Waals surface area contributed by atoms with E-state index in [4.69, 9.17) is 0 Å². The maximum atomic E-state index is 3.80. The molecule has 4 aliphatic rings. The van der Waals surface area contributed by atoms with Gasteiger partial charge in [-0.15, -0.1) is 0 Å². The van der Waals surface area contributed by atoms with E-state index >= 15 is 0 Å². The van der Waals surface area contributed by atoms with Gasteiger partial charge in [-0.25, -0.2) is 0 Å². The molecule has 2 nitrogen and oxygen atoms in total. The summed E-state index contributed by atoms with van der Waals surface area (Å²) in [6.07, 6.45) is 10.8. The summed E-state index contributed by atoms with van der Waals surface area (Å²) < 4.78 is 0. The molecule has 4 rings (SSSR count). The van der Waals surface area contributed by atoms with E-state index < -0.39 is 0 Å². The molecular weight excluding hydrogens is 220 g/mol. The molecule has 2 fully saturated rings. The van der Waals surface area contributed by atoms with Crippen LogP contribution in [0, 0.1) is 11.8 Å². The minimum atomic E-state index is 0.238. The van der Waals surface area contributed by atoms with Gasteiger partial charge in [-0.1, -0.05) is 24.6 Å². The van der Waals surface area contributed by atoms with Crippen LogP contribution in [0.1, 0.15) is 33.1 Å². The van der Waals surface area contributed by atoms with Crippen molar-refractivity contribution in [3.05, 3.63) is 35.1 Å². The summed E-state index contributed by atoms with van der Waals surface area (Å²) in [7, 11) is 0. The molecule has 4 atom stereocenters. The molecular formula is C16H22N2. The van der Waals surface area contributed by atoms with E-state index in [9.17, 15) is 0 Å². The molecule has 0 radical (unpaired) electrons. The van der Waals surface area contributed by atoms with Crippen LogP contribution in [-0.4, -0.2) is 18.1 Å². The van der Waals surface area contributed by atoms with Gasteiger partial charge in [0.15, 0.2) is 0 Å². The minimum absolute atomic E-state index is 0.238. The second-order valence-corrected chi connectivity index (χ2v) is 6.71. The lowest BCUT2D eigenvalue weighted by Crippen LogP contribution is -2.54. The number of allylic oxidation sites excluding steroid dienone is 4. The van der Waals surface area contributed by atoms with Crippen LogP contribution < -0.4 is 10.6 Å². The second kappa shape index (κ2) is 3.51. The van der Waals surface area contributed by atoms with E-state index in [2.05, 4.69) is 42.7 Å². The number of rotatable bonds is 0. The third kappa shape index (κ3) is 1.38. The molecule has 0 spiro atoms. The Hall–Kier alpha value is -1.02. The van der Waals surface area contributed by atoms with Gasteiger partial charge in [0, 0.05) is 29.7 Å². The number of fused-ring (bicyclic) bond motifs is 2. The van der Waals surface area contributed by atoms with Crippen molar-refractivity contribution in [2.24, 2.45) is 11.8 Å². The van der Waals surface area contributed by atoms with Crippen LogP contribution in [0.15, 0.2) is 35.1 Å². The Kier molecular flexibility index (Phi) is 2.12. The second-order valence-electron chi connectivity index (χ2n) is 6.71. The average molecular weight is 242 g/mol. The Morgan fingerprint density at radius 1 is 1.39 bits per heavy atom. The highest BCUT2D eigenvalue weighted by Crippen LogP contribution is 2.46. The topological polar surface area (TPSA) is 24.1 Å². The van der Waals surface area contributed by atoms with Gasteiger partial charge in [0.25, 0.3) is 0 Å². The van der Waals surface area contributed by atoms with Crippen LogP contribution >= 0.6 is 0 Å². The Labute approximate surface area is 109 Å². The standard InChI is InChI=1S/C16H22N2/c1-10-14-8-12-6-13-9-16(10,2)17-5-3-4-11(13)7-15(12)18-14/h3-4,7,10,12,14,17-18H,5-6,8-9H2,1-2H3. The molecule has 0 amide bonds. The van der Waals surface area contributed by atoms with Crippen molar-refractivity contribution in [2.75, 3.05) is 6.54 Å². The zero-order valence-corrected chi connectivity index (χ0v) is 11.3. The van der Waals surface area contributed by atoms with E-state index in [-0.39, 0.29) is 5.54 Å². The molecule has 1 saturated heterocycles. The minimum Gasteiger partial charge on any atom is -0.385 e. The van der Waals surface area contributed by atoms with Crippen molar-refractivity contribution in [3.63, 3.8) is 0 Å². The van der Waals surface area contributed by atoms with Gasteiger partial charge >= 0.3 is 0 Å². The third-order valence-electron chi connectivity index (χ3n) is 5.65. The normalized spacial score (nSPS) is 45.2. The first-order valence-electron chi connectivity index (χ1n) is 7.27. The van der Waals surface area contributed by atoms with Crippen molar-refractivity contribution in [2.45, 2.75) is 44.7 Å². The number of hydrogen-bond donors (Lipinski definition) is 2. The third-order valence-corrected chi connectivity index (χ3v) is 5.65. The lowest BCUT2D eigenvalue weighted by atomic mass is 9.70. The lowest BCUT2D eigenvalue weighted by Gasteiger charge is -2.42. The predicted molar refractivity (Wildman–Crippen MR) is 74.1 cm³/mol. The van der Waals surface area contributed by atoms with Crippen molar-refractivity contribution in [3.8, 4) is 0 Å². The summed E-state index contributed by atoms with van der Waals surface area (Å²) >= 11 is 0. The molecule has 2 heterocycles. The maximum absolute atomic E-state index is 3.80. The lowest BCUT2D eigenvalue weighted by molar-refractivity contribution is 0.195. The first-order chi connectivity index (χ1) is 8.66. The highest BCUT2D eigenvalue weighted by molar-refractivity contribution is 5.45. The van der Waals surface area contributed by atoms with Crippen molar-refractivity contribution >= 4 is 0 Å². The van der Waals surface area contributed by atoms with Gasteiger partial charge in [-0.05, 0) is 43.8 Å². The van der Waals surface area contributed by atoms with Crippen LogP contribution in [0.5, 0.6) is 0 Å². The molecule has 0 aromatic heterocycles. The fourth-order valence-corrected chi connectivity index (χ4v) is 4.28. The molecule has 2 aliphatic heterocycles. The fourth-order valence-electron chi connectivity index (χ4n) is 4.28. The summed E-state index contributed by atoms with van der Waals surface area (Å²) in [5, 5.41) is 7.59. The van der Waals surface area contributed by atoms with E-state index in [1.807, 2.05) is 0 Å². The van der Waals surface area contributed by atoms with Crippen molar-refractivity contribution in [1.29, 1.82) is 0 Å². The quantitative estimate of drug-likeness (QED) is 0.682. The monoisotopic (exact) mass is 242 g/mol. The molecule has 0 aromatic rings. The fraction of sp³-hybridized carbons (Fsp3) is 0.625. The van der Waals surface area contributed by atoms with Crippen LogP contribution in [0.2, 0.25) is 0 Å². The van der Waals surface area contributed by atoms with Crippen molar-refractivity contribution < 1.29 is 0 Å². The van der Waals surface area contributed by atoms with Crippen LogP contribution in [0.3, 0.4) is 0 Å². The first kappa shape index (κ1) is 10.9. The van der Waals surface area contributed by atoms with Gasteiger partial charge in [-0.2, -0.15) is 0 Å². The summed E-state index contributed by atoms with van der Waals surface area (Å²) in [6.45, 7) is 5.83. The van der Waals surface area contributed by atoms with Gasteiger partial charge in [0.2, 0.25) is 0 Å². The SMILES string of the molecule is CC1C2CC3CC4=C(C=CCNC1(C)C4)C=C3N2. The maximum Gasteiger partial charge on any atom is 0.0308 e. The summed E-state index contributed by atoms with van der Waals surface area (Å²) in [4.78, 5) is 0. The molecule has 4 unspecified atom stereocenters. The summed E-state index contributed by atoms with van der Waals surface area (Å²) in [6, 6.07) is 0.651. The molecule has 1 saturated carbocycles. The van der Waals surface area contributed by atoms with Crippen LogP contribution in [-0.2, 0) is 0 Å². The Morgan fingerprint density at radius 3 is 3.17 bits per heavy atom. The highest BCUT2D eigenvalue weighted by Gasteiger charge is 2.45. The van der Waals surface area contributed by atoms with Crippen LogP contribution in [0.25, 0.3) is 0 Å². The molecule has 18 heavy (non-hydrogen) atoms. The smallest absolute Gasteiger partial charge is 0.0308 e. The number of hydrogen-bond acceptors (Lipinski definition) is 2. The predicted octanol–water partition coefficient (Wildman–Crippen LogP) is 2.51. The molecule has 4 bridgehead atoms. The number of nitrogens with one attached hydrogen (secondary N) is 2. The molecule has 2 aliphatic carbocycles. The Balaban J connectivity index is 1.90. The van der Waals surface area contributed by atoms with Crippen LogP contribution in [0.4, 0.5) is 0 Å². The summed E-state index contributed by atoms with van der Waals surface area (Å²) in [5.74, 6) is 1.45. The summed E-state index contributed by atoms with van der Waals surface area (Å²) in [5.41, 5.74) is 4.89. The Morgan fingerprint density at radius 2 is 2.28 bits per heavy atom. The average Bonchev–Trinajstić information content (AvgIpc) is 2.74. The van der Waals surface area contributed by atoms with Gasteiger partial charge < -0.3 is 10.6 Å². The van der Waals surface area contributed by atoms with E-state index in [1.54, 1.807) is 5.57 Å². The molecule has 0 aromatic carbocycles. The van der Waals surface area contributed by atoms with E-state index in [1.165, 1.54) is 30.5 Å². The van der Waals surface area contributed by atoms with Gasteiger partial charge in [-0.3, -0.25) is 0 Å². The molecule has 96 valence electrons. The van der Waals surface area contributed by atoms with Gasteiger partial charge in [0.1, 0.15) is 0 Å². The molecule has 2 N–H and O–H groups in total. The van der Waals surface area contributed by atoms with E-state index in [0.717, 1.165) is 12.5 Å². The zero-order valence-electron chi connectivity index (χ0n) is 11.3. The van der Waals surface area contributed by atoms with E-state index in [0.29, 0.717) is 12.0 Å². The highest BCUT2D eigenvalue weighted by atomic mass is 15.0. The zero-order chi connectivity index (χ0) is 12.3. The van der Waals surface area contributed by atoms with Crippen molar-refractivity contribution in [1.82, 2.24) is 10.6 Å². The molecule has 2 heteroatoms. The largest absolute Gasteiger partial charge is 0.385 e. The van der Waals surface area contributed by atoms with Gasteiger partial charge in [0.05, 0.1) is 0 Å². The first-order valence-corrected chi connectivity index (χ1v) is 7.27.